The molecule has 0 saturated carbocycles. The van der Waals surface area contributed by atoms with Crippen LogP contribution < -0.4 is 11.5 Å². The number of nitrogens with two attached hydrogens (primary N) is 2. The molecule has 0 atom stereocenters. The number of rotatable bonds is 9. The fraction of sp³-hybridized carbons (Fsp3) is 0.364. The Morgan fingerprint density at radius 2 is 1.10 bits per heavy atom. The molecule has 0 spiro atoms. The number of anilines is 2. The molecule has 2 aromatic carbocycles. The minimum Gasteiger partial charge on any atom is -0.478 e. The number of unbranched alkanes of at least 4 members (excludes halogenated alkanes) is 3. The van der Waals surface area contributed by atoms with Crippen molar-refractivity contribution in [3.05, 3.63) is 54.5 Å². The predicted molar refractivity (Wildman–Crippen MR) is 126 cm³/mol. The standard InChI is InChI=1S/C22H26Br2N2O4/c1-11-13(17(23)9-15(19(11)25)21(27)28)7-5-3-4-6-8-14-12(2)20(26)16(22(29)30)10-18(14)24/h9-10H,3-8,25-26H2,1-2H3,(H,27,28)(H,29,30). The van der Waals surface area contributed by atoms with E-state index in [1.54, 1.807) is 12.1 Å². The maximum atomic E-state index is 11.3. The Bertz CT molecular complexity index is 911. The van der Waals surface area contributed by atoms with Crippen LogP contribution in [0.15, 0.2) is 21.1 Å². The van der Waals surface area contributed by atoms with E-state index in [-0.39, 0.29) is 11.1 Å². The smallest absolute Gasteiger partial charge is 0.337 e. The Morgan fingerprint density at radius 1 is 0.767 bits per heavy atom. The first-order valence-corrected chi connectivity index (χ1v) is 11.3. The molecule has 0 radical (unpaired) electrons. The number of benzene rings is 2. The molecule has 8 heteroatoms. The maximum absolute atomic E-state index is 11.3. The lowest BCUT2D eigenvalue weighted by Gasteiger charge is -2.14. The van der Waals surface area contributed by atoms with Crippen molar-refractivity contribution in [1.82, 2.24) is 0 Å². The molecule has 0 aromatic heterocycles. The van der Waals surface area contributed by atoms with Crippen molar-refractivity contribution in [1.29, 1.82) is 0 Å². The molecule has 0 aliphatic rings. The van der Waals surface area contributed by atoms with E-state index in [2.05, 4.69) is 31.9 Å². The van der Waals surface area contributed by atoms with Crippen molar-refractivity contribution in [2.45, 2.75) is 52.4 Å². The van der Waals surface area contributed by atoms with Crippen LogP contribution >= 0.6 is 31.9 Å². The van der Waals surface area contributed by atoms with Gasteiger partial charge in [0.2, 0.25) is 0 Å². The highest BCUT2D eigenvalue weighted by Gasteiger charge is 2.17. The van der Waals surface area contributed by atoms with Crippen LogP contribution in [0.25, 0.3) is 0 Å². The van der Waals surface area contributed by atoms with E-state index in [1.807, 2.05) is 13.8 Å². The first kappa shape index (κ1) is 24.2. The largest absolute Gasteiger partial charge is 0.478 e. The maximum Gasteiger partial charge on any atom is 0.337 e. The molecule has 6 N–H and O–H groups in total. The van der Waals surface area contributed by atoms with Gasteiger partial charge in [0, 0.05) is 20.3 Å². The van der Waals surface area contributed by atoms with Gasteiger partial charge in [-0.25, -0.2) is 9.59 Å². The minimum atomic E-state index is -1.03. The van der Waals surface area contributed by atoms with Gasteiger partial charge >= 0.3 is 11.9 Å². The summed E-state index contributed by atoms with van der Waals surface area (Å²) in [5.41, 5.74) is 16.6. The minimum absolute atomic E-state index is 0.122. The van der Waals surface area contributed by atoms with Gasteiger partial charge < -0.3 is 21.7 Å². The third-order valence-corrected chi connectivity index (χ3v) is 6.89. The highest BCUT2D eigenvalue weighted by Crippen LogP contribution is 2.32. The lowest BCUT2D eigenvalue weighted by Crippen LogP contribution is -2.07. The topological polar surface area (TPSA) is 127 Å². The van der Waals surface area contributed by atoms with Gasteiger partial charge in [0.15, 0.2) is 0 Å². The zero-order chi connectivity index (χ0) is 22.6. The van der Waals surface area contributed by atoms with Crippen LogP contribution in [0, 0.1) is 13.8 Å². The number of carboxylic acids is 2. The first-order chi connectivity index (χ1) is 14.1. The van der Waals surface area contributed by atoms with Gasteiger partial charge in [-0.15, -0.1) is 0 Å². The second-order valence-corrected chi connectivity index (χ2v) is 9.08. The fourth-order valence-corrected chi connectivity index (χ4v) is 5.04. The van der Waals surface area contributed by atoms with Crippen LogP contribution in [0.2, 0.25) is 0 Å². The number of hydrogen-bond donors (Lipinski definition) is 4. The lowest BCUT2D eigenvalue weighted by molar-refractivity contribution is 0.0687. The summed E-state index contributed by atoms with van der Waals surface area (Å²) < 4.78 is 1.56. The molecule has 0 aliphatic carbocycles. The van der Waals surface area contributed by atoms with E-state index in [1.165, 1.54) is 0 Å². The van der Waals surface area contributed by atoms with Crippen LogP contribution in [-0.4, -0.2) is 22.2 Å². The predicted octanol–water partition coefficient (Wildman–Crippen LogP) is 5.73. The summed E-state index contributed by atoms with van der Waals surface area (Å²) in [5, 5.41) is 18.5. The normalized spacial score (nSPS) is 10.9. The Hall–Kier alpha value is -2.06. The van der Waals surface area contributed by atoms with E-state index in [4.69, 9.17) is 11.5 Å². The summed E-state index contributed by atoms with van der Waals surface area (Å²) >= 11 is 6.95. The van der Waals surface area contributed by atoms with E-state index in [0.717, 1.165) is 69.7 Å². The molecular weight excluding hydrogens is 516 g/mol. The Kier molecular flexibility index (Phi) is 8.32. The monoisotopic (exact) mass is 540 g/mol. The molecule has 0 saturated heterocycles. The number of nitrogen functional groups attached to an aromatic ring is 2. The molecule has 2 aromatic rings. The number of hydrogen-bond acceptors (Lipinski definition) is 4. The van der Waals surface area contributed by atoms with Gasteiger partial charge in [-0.2, -0.15) is 0 Å². The van der Waals surface area contributed by atoms with Crippen LogP contribution in [0.5, 0.6) is 0 Å². The molecule has 0 heterocycles. The summed E-state index contributed by atoms with van der Waals surface area (Å²) in [6.45, 7) is 3.71. The van der Waals surface area contributed by atoms with Gasteiger partial charge in [0.1, 0.15) is 0 Å². The molecule has 6 nitrogen and oxygen atoms in total. The average Bonchev–Trinajstić information content (AvgIpc) is 2.67. The summed E-state index contributed by atoms with van der Waals surface area (Å²) in [6, 6.07) is 3.15. The van der Waals surface area contributed by atoms with Gasteiger partial charge in [0.25, 0.3) is 0 Å². The Labute approximate surface area is 192 Å². The zero-order valence-electron chi connectivity index (χ0n) is 17.0. The molecule has 2 rings (SSSR count). The average molecular weight is 542 g/mol. The Balaban J connectivity index is 1.92. The quantitative estimate of drug-likeness (QED) is 0.237. The molecule has 30 heavy (non-hydrogen) atoms. The molecular formula is C22H26Br2N2O4. The second kappa shape index (κ2) is 10.3. The van der Waals surface area contributed by atoms with Crippen LogP contribution in [-0.2, 0) is 12.8 Å². The van der Waals surface area contributed by atoms with E-state index in [9.17, 15) is 19.8 Å². The summed E-state index contributed by atoms with van der Waals surface area (Å²) in [5.74, 6) is -2.05. The molecule has 162 valence electrons. The SMILES string of the molecule is Cc1c(N)c(C(=O)O)cc(Br)c1CCCCCCc1c(Br)cc(C(=O)O)c(N)c1C. The highest BCUT2D eigenvalue weighted by molar-refractivity contribution is 9.10. The van der Waals surface area contributed by atoms with E-state index < -0.39 is 11.9 Å². The molecule has 0 aliphatic heterocycles. The molecule has 0 unspecified atom stereocenters. The highest BCUT2D eigenvalue weighted by atomic mass is 79.9. The summed E-state index contributed by atoms with van der Waals surface area (Å²) in [4.78, 5) is 22.5. The van der Waals surface area contributed by atoms with Gasteiger partial charge in [0.05, 0.1) is 11.1 Å². The van der Waals surface area contributed by atoms with E-state index in [0.29, 0.717) is 11.4 Å². The lowest BCUT2D eigenvalue weighted by atomic mass is 9.95. The van der Waals surface area contributed by atoms with Crippen molar-refractivity contribution in [2.24, 2.45) is 0 Å². The third kappa shape index (κ3) is 5.35. The van der Waals surface area contributed by atoms with Gasteiger partial charge in [-0.3, -0.25) is 0 Å². The second-order valence-electron chi connectivity index (χ2n) is 7.37. The van der Waals surface area contributed by atoms with Crippen LogP contribution in [0.4, 0.5) is 11.4 Å². The van der Waals surface area contributed by atoms with Crippen molar-refractivity contribution < 1.29 is 19.8 Å². The number of halogens is 2. The van der Waals surface area contributed by atoms with Crippen LogP contribution in [0.3, 0.4) is 0 Å². The Morgan fingerprint density at radius 3 is 1.40 bits per heavy atom. The van der Waals surface area contributed by atoms with Crippen molar-refractivity contribution in [3.63, 3.8) is 0 Å². The number of carboxylic acid groups (broad SMARTS) is 2. The first-order valence-electron chi connectivity index (χ1n) is 9.67. The van der Waals surface area contributed by atoms with Gasteiger partial charge in [-0.1, -0.05) is 44.7 Å². The summed E-state index contributed by atoms with van der Waals surface area (Å²) in [7, 11) is 0. The third-order valence-electron chi connectivity index (χ3n) is 5.48. The summed E-state index contributed by atoms with van der Waals surface area (Å²) in [6.07, 6.45) is 5.60. The fourth-order valence-electron chi connectivity index (χ4n) is 3.60. The van der Waals surface area contributed by atoms with Crippen molar-refractivity contribution in [2.75, 3.05) is 11.5 Å². The van der Waals surface area contributed by atoms with E-state index >= 15 is 0 Å². The molecule has 0 bridgehead atoms. The van der Waals surface area contributed by atoms with Crippen LogP contribution in [0.1, 0.15) is 68.7 Å². The number of aromatic carboxylic acids is 2. The van der Waals surface area contributed by atoms with Gasteiger partial charge in [-0.05, 0) is 73.9 Å². The molecule has 0 amide bonds. The van der Waals surface area contributed by atoms with Crippen molar-refractivity contribution >= 4 is 55.2 Å². The van der Waals surface area contributed by atoms with Crippen molar-refractivity contribution in [3.8, 4) is 0 Å². The zero-order valence-corrected chi connectivity index (χ0v) is 20.2. The number of carbonyl (C=O) groups is 2. The molecule has 0 fully saturated rings.